The zero-order chi connectivity index (χ0) is 17.9. The Bertz CT molecular complexity index is 557. The highest BCUT2D eigenvalue weighted by molar-refractivity contribution is 5.97. The molecule has 0 aromatic heterocycles. The lowest BCUT2D eigenvalue weighted by atomic mass is 10.0. The highest BCUT2D eigenvalue weighted by Gasteiger charge is 2.16. The molecule has 24 heavy (non-hydrogen) atoms. The fraction of sp³-hybridized carbons (Fsp3) is 0.167. The van der Waals surface area contributed by atoms with Crippen molar-refractivity contribution in [2.24, 2.45) is 0 Å². The molecule has 0 radical (unpaired) electrons. The summed E-state index contributed by atoms with van der Waals surface area (Å²) in [6.45, 7) is 11.0. The van der Waals surface area contributed by atoms with Crippen LogP contribution in [0, 0.1) is 0 Å². The zero-order valence-corrected chi connectivity index (χ0v) is 13.2. The van der Waals surface area contributed by atoms with Gasteiger partial charge in [0.15, 0.2) is 0 Å². The molecule has 0 atom stereocenters. The van der Waals surface area contributed by atoms with Crippen LogP contribution < -0.4 is 0 Å². The average molecular weight is 330 g/mol. The number of rotatable bonds is 10. The number of hydrogen-bond donors (Lipinski definition) is 0. The summed E-state index contributed by atoms with van der Waals surface area (Å²) in [5, 5.41) is 0. The Hall–Kier alpha value is -3.15. The molecule has 126 valence electrons. The van der Waals surface area contributed by atoms with Gasteiger partial charge in [-0.25, -0.2) is 9.59 Å². The van der Waals surface area contributed by atoms with Crippen LogP contribution in [0.1, 0.15) is 26.3 Å². The molecule has 0 unspecified atom stereocenters. The van der Waals surface area contributed by atoms with E-state index in [1.807, 2.05) is 0 Å². The maximum Gasteiger partial charge on any atom is 0.338 e. The first-order chi connectivity index (χ1) is 11.5. The summed E-state index contributed by atoms with van der Waals surface area (Å²) >= 11 is 0. The number of esters is 2. The molecule has 0 saturated carbocycles. The summed E-state index contributed by atoms with van der Waals surface area (Å²) in [6.07, 6.45) is 2.86. The van der Waals surface area contributed by atoms with Crippen molar-refractivity contribution < 1.29 is 28.6 Å². The topological polar surface area (TPSA) is 78.9 Å². The molecule has 0 heterocycles. The van der Waals surface area contributed by atoms with Gasteiger partial charge in [0.05, 0.1) is 11.1 Å². The highest BCUT2D eigenvalue weighted by Crippen LogP contribution is 2.19. The molecule has 0 saturated heterocycles. The summed E-state index contributed by atoms with van der Waals surface area (Å²) in [5.41, 5.74) is 1.16. The number of carbonyl (C=O) groups is 3. The summed E-state index contributed by atoms with van der Waals surface area (Å²) in [7, 11) is 0. The number of carbonyl (C=O) groups excluding carboxylic acids is 3. The zero-order valence-electron chi connectivity index (χ0n) is 13.2. The van der Waals surface area contributed by atoms with Gasteiger partial charge in [-0.1, -0.05) is 31.9 Å². The second-order valence-corrected chi connectivity index (χ2v) is 4.58. The Kier molecular flexibility index (Phi) is 7.70. The summed E-state index contributed by atoms with van der Waals surface area (Å²) < 4.78 is 14.6. The van der Waals surface area contributed by atoms with E-state index in [-0.39, 0.29) is 37.4 Å². The third kappa shape index (κ3) is 5.57. The normalized spacial score (nSPS) is 9.50. The monoisotopic (exact) mass is 330 g/mol. The van der Waals surface area contributed by atoms with Gasteiger partial charge < -0.3 is 14.2 Å². The van der Waals surface area contributed by atoms with Gasteiger partial charge in [-0.3, -0.25) is 4.79 Å². The predicted molar refractivity (Wildman–Crippen MR) is 88.5 cm³/mol. The summed E-state index contributed by atoms with van der Waals surface area (Å²) in [4.78, 5) is 34.3. The van der Waals surface area contributed by atoms with Crippen LogP contribution in [0.3, 0.4) is 0 Å². The highest BCUT2D eigenvalue weighted by atomic mass is 16.5. The van der Waals surface area contributed by atoms with Crippen LogP contribution in [-0.4, -0.2) is 38.2 Å². The quantitative estimate of drug-likeness (QED) is 0.284. The van der Waals surface area contributed by atoms with Crippen LogP contribution in [0.5, 0.6) is 0 Å². The minimum atomic E-state index is -0.626. The first-order valence-corrected chi connectivity index (χ1v) is 6.98. The third-order valence-corrected chi connectivity index (χ3v) is 2.80. The first kappa shape index (κ1) is 18.9. The molecule has 0 aliphatic carbocycles. The molecule has 1 aromatic rings. The SMILES string of the molecule is C=CCOC(=O)c1cc(C(=C)COC=O)cc(C(=O)OCC=C)c1. The van der Waals surface area contributed by atoms with E-state index in [4.69, 9.17) is 9.47 Å². The van der Waals surface area contributed by atoms with Gasteiger partial charge in [0.1, 0.15) is 19.8 Å². The molecular weight excluding hydrogens is 312 g/mol. The van der Waals surface area contributed by atoms with Crippen LogP contribution in [0.2, 0.25) is 0 Å². The molecule has 6 heteroatoms. The van der Waals surface area contributed by atoms with E-state index in [1.165, 1.54) is 30.4 Å². The minimum Gasteiger partial charge on any atom is -0.463 e. The maximum atomic E-state index is 12.0. The average Bonchev–Trinajstić information content (AvgIpc) is 2.61. The maximum absolute atomic E-state index is 12.0. The molecule has 0 N–H and O–H groups in total. The van der Waals surface area contributed by atoms with E-state index < -0.39 is 11.9 Å². The molecule has 0 aliphatic heterocycles. The number of benzene rings is 1. The van der Waals surface area contributed by atoms with Crippen molar-refractivity contribution in [3.8, 4) is 0 Å². The molecule has 0 bridgehead atoms. The molecular formula is C18H18O6. The Labute approximate surface area is 140 Å². The van der Waals surface area contributed by atoms with Crippen molar-refractivity contribution in [2.45, 2.75) is 0 Å². The number of ether oxygens (including phenoxy) is 3. The lowest BCUT2D eigenvalue weighted by Gasteiger charge is -2.10. The van der Waals surface area contributed by atoms with Gasteiger partial charge in [-0.05, 0) is 29.3 Å². The van der Waals surface area contributed by atoms with E-state index in [2.05, 4.69) is 24.5 Å². The minimum absolute atomic E-state index is 0.0362. The van der Waals surface area contributed by atoms with Gasteiger partial charge in [0.2, 0.25) is 0 Å². The van der Waals surface area contributed by atoms with E-state index in [1.54, 1.807) is 0 Å². The smallest absolute Gasteiger partial charge is 0.338 e. The Morgan fingerprint density at radius 1 is 0.917 bits per heavy atom. The van der Waals surface area contributed by atoms with E-state index in [9.17, 15) is 14.4 Å². The lowest BCUT2D eigenvalue weighted by Crippen LogP contribution is -2.11. The van der Waals surface area contributed by atoms with Crippen molar-refractivity contribution in [1.82, 2.24) is 0 Å². The van der Waals surface area contributed by atoms with E-state index in [0.29, 0.717) is 11.1 Å². The second-order valence-electron chi connectivity index (χ2n) is 4.58. The molecule has 1 rings (SSSR count). The summed E-state index contributed by atoms with van der Waals surface area (Å²) in [5.74, 6) is -1.25. The van der Waals surface area contributed by atoms with Gasteiger partial charge in [0.25, 0.3) is 6.47 Å². The Morgan fingerprint density at radius 2 is 1.38 bits per heavy atom. The predicted octanol–water partition coefficient (Wildman–Crippen LogP) is 2.56. The fourth-order valence-electron chi connectivity index (χ4n) is 1.72. The van der Waals surface area contributed by atoms with Gasteiger partial charge in [-0.15, -0.1) is 0 Å². The molecule has 0 amide bonds. The molecule has 0 spiro atoms. The second kappa shape index (κ2) is 9.78. The fourth-order valence-corrected chi connectivity index (χ4v) is 1.72. The molecule has 0 fully saturated rings. The standard InChI is InChI=1S/C18H18O6/c1-4-6-23-17(20)15-8-14(13(3)11-22-12-19)9-16(10-15)18(21)24-7-5-2/h4-5,8-10,12H,1-3,6-7,11H2. The van der Waals surface area contributed by atoms with Crippen LogP contribution in [0.25, 0.3) is 5.57 Å². The molecule has 1 aromatic carbocycles. The van der Waals surface area contributed by atoms with Crippen molar-refractivity contribution in [1.29, 1.82) is 0 Å². The summed E-state index contributed by atoms with van der Waals surface area (Å²) in [6, 6.07) is 4.34. The first-order valence-electron chi connectivity index (χ1n) is 6.98. The van der Waals surface area contributed by atoms with Crippen LogP contribution in [0.4, 0.5) is 0 Å². The largest absolute Gasteiger partial charge is 0.463 e. The van der Waals surface area contributed by atoms with E-state index in [0.717, 1.165) is 0 Å². The Morgan fingerprint density at radius 3 is 1.79 bits per heavy atom. The number of hydrogen-bond acceptors (Lipinski definition) is 6. The van der Waals surface area contributed by atoms with Crippen molar-refractivity contribution in [3.63, 3.8) is 0 Å². The molecule has 0 aliphatic rings. The lowest BCUT2D eigenvalue weighted by molar-refractivity contribution is -0.127. The third-order valence-electron chi connectivity index (χ3n) is 2.80. The molecule has 6 nitrogen and oxygen atoms in total. The van der Waals surface area contributed by atoms with Gasteiger partial charge in [0, 0.05) is 0 Å². The van der Waals surface area contributed by atoms with Gasteiger partial charge >= 0.3 is 11.9 Å². The van der Waals surface area contributed by atoms with Crippen molar-refractivity contribution in [2.75, 3.05) is 19.8 Å². The van der Waals surface area contributed by atoms with Crippen LogP contribution >= 0.6 is 0 Å². The van der Waals surface area contributed by atoms with Crippen molar-refractivity contribution in [3.05, 3.63) is 66.8 Å². The van der Waals surface area contributed by atoms with Gasteiger partial charge in [-0.2, -0.15) is 0 Å². The van der Waals surface area contributed by atoms with Crippen LogP contribution in [0.15, 0.2) is 50.1 Å². The van der Waals surface area contributed by atoms with E-state index >= 15 is 0 Å². The van der Waals surface area contributed by atoms with Crippen molar-refractivity contribution >= 4 is 24.0 Å². The Balaban J connectivity index is 3.17. The van der Waals surface area contributed by atoms with Crippen LogP contribution in [-0.2, 0) is 19.0 Å².